The van der Waals surface area contributed by atoms with Crippen LogP contribution in [0.25, 0.3) is 33.1 Å². The smallest absolute Gasteiger partial charge is 0.128 e. The SMILES string of the molecule is CCNc1cc2c(cn1)c(-c1cnn(C)c1)nn2C1CCC(Oc2ccc3[nH]ncc3c2C)CC1. The first-order chi connectivity index (χ1) is 17.1. The van der Waals surface area contributed by atoms with Crippen LogP contribution in [0.3, 0.4) is 0 Å². The highest BCUT2D eigenvalue weighted by Crippen LogP contribution is 2.37. The summed E-state index contributed by atoms with van der Waals surface area (Å²) in [7, 11) is 1.93. The molecule has 0 spiro atoms. The molecule has 180 valence electrons. The third-order valence-corrected chi connectivity index (χ3v) is 7.06. The molecule has 4 aromatic heterocycles. The first-order valence-corrected chi connectivity index (χ1v) is 12.3. The number of hydrogen-bond acceptors (Lipinski definition) is 6. The van der Waals surface area contributed by atoms with Crippen LogP contribution >= 0.6 is 0 Å². The van der Waals surface area contributed by atoms with Gasteiger partial charge in [0.2, 0.25) is 0 Å². The number of anilines is 1. The second-order valence-corrected chi connectivity index (χ2v) is 9.38. The van der Waals surface area contributed by atoms with Crippen LogP contribution in [0.4, 0.5) is 5.82 Å². The average molecular weight is 471 g/mol. The fourth-order valence-corrected chi connectivity index (χ4v) is 5.20. The number of aromatic nitrogens is 7. The molecule has 35 heavy (non-hydrogen) atoms. The number of ether oxygens (including phenoxy) is 1. The van der Waals surface area contributed by atoms with Crippen LogP contribution in [0.5, 0.6) is 5.75 Å². The minimum atomic E-state index is 0.202. The van der Waals surface area contributed by atoms with Crippen molar-refractivity contribution >= 4 is 27.6 Å². The van der Waals surface area contributed by atoms with Crippen molar-refractivity contribution in [2.24, 2.45) is 7.05 Å². The van der Waals surface area contributed by atoms with Gasteiger partial charge < -0.3 is 10.1 Å². The fraction of sp³-hybridized carbons (Fsp3) is 0.385. The van der Waals surface area contributed by atoms with Crippen LogP contribution in [0.1, 0.15) is 44.2 Å². The summed E-state index contributed by atoms with van der Waals surface area (Å²) in [5.41, 5.74) is 5.24. The van der Waals surface area contributed by atoms with Crippen molar-refractivity contribution in [2.45, 2.75) is 51.7 Å². The molecule has 6 rings (SSSR count). The van der Waals surface area contributed by atoms with Crippen molar-refractivity contribution in [1.82, 2.24) is 34.7 Å². The Labute approximate surface area is 203 Å². The fourth-order valence-electron chi connectivity index (χ4n) is 5.20. The molecule has 0 unspecified atom stereocenters. The summed E-state index contributed by atoms with van der Waals surface area (Å²) in [5.74, 6) is 1.83. The zero-order chi connectivity index (χ0) is 23.9. The molecule has 0 aliphatic heterocycles. The maximum atomic E-state index is 6.46. The summed E-state index contributed by atoms with van der Waals surface area (Å²) >= 11 is 0. The van der Waals surface area contributed by atoms with E-state index < -0.39 is 0 Å². The second-order valence-electron chi connectivity index (χ2n) is 9.38. The van der Waals surface area contributed by atoms with Crippen molar-refractivity contribution in [1.29, 1.82) is 0 Å². The molecule has 1 aliphatic rings. The molecule has 9 heteroatoms. The number of fused-ring (bicyclic) bond motifs is 2. The summed E-state index contributed by atoms with van der Waals surface area (Å²) in [6, 6.07) is 6.54. The molecule has 1 fully saturated rings. The maximum absolute atomic E-state index is 6.46. The van der Waals surface area contributed by atoms with Crippen LogP contribution in [-0.2, 0) is 7.05 Å². The number of nitrogens with zero attached hydrogens (tertiary/aromatic N) is 6. The normalized spacial score (nSPS) is 18.4. The third-order valence-electron chi connectivity index (χ3n) is 7.06. The Kier molecular flexibility index (Phi) is 5.39. The highest BCUT2D eigenvalue weighted by atomic mass is 16.5. The lowest BCUT2D eigenvalue weighted by molar-refractivity contribution is 0.130. The predicted molar refractivity (Wildman–Crippen MR) is 137 cm³/mol. The highest BCUT2D eigenvalue weighted by molar-refractivity contribution is 5.93. The molecule has 1 aliphatic carbocycles. The van der Waals surface area contributed by atoms with Gasteiger partial charge in [-0.05, 0) is 51.7 Å². The van der Waals surface area contributed by atoms with E-state index in [1.54, 1.807) is 0 Å². The predicted octanol–water partition coefficient (Wildman–Crippen LogP) is 5.01. The minimum absolute atomic E-state index is 0.202. The molecule has 0 atom stereocenters. The van der Waals surface area contributed by atoms with Gasteiger partial charge in [-0.3, -0.25) is 14.5 Å². The van der Waals surface area contributed by atoms with Crippen molar-refractivity contribution in [3.05, 3.63) is 48.5 Å². The van der Waals surface area contributed by atoms with Crippen LogP contribution in [-0.4, -0.2) is 47.4 Å². The Balaban J connectivity index is 1.26. The first-order valence-electron chi connectivity index (χ1n) is 12.3. The molecule has 0 amide bonds. The second kappa shape index (κ2) is 8.72. The van der Waals surface area contributed by atoms with Gasteiger partial charge in [0, 0.05) is 54.0 Å². The first kappa shape index (κ1) is 21.6. The molecule has 0 saturated heterocycles. The molecular weight excluding hydrogens is 440 g/mol. The van der Waals surface area contributed by atoms with Gasteiger partial charge in [-0.15, -0.1) is 0 Å². The van der Waals surface area contributed by atoms with Gasteiger partial charge >= 0.3 is 0 Å². The molecule has 2 N–H and O–H groups in total. The van der Waals surface area contributed by atoms with Crippen molar-refractivity contribution in [3.8, 4) is 17.0 Å². The van der Waals surface area contributed by atoms with E-state index in [-0.39, 0.29) is 6.10 Å². The Hall–Kier alpha value is -3.88. The monoisotopic (exact) mass is 470 g/mol. The van der Waals surface area contributed by atoms with E-state index in [1.165, 1.54) is 0 Å². The van der Waals surface area contributed by atoms with E-state index in [0.29, 0.717) is 6.04 Å². The quantitative estimate of drug-likeness (QED) is 0.362. The van der Waals surface area contributed by atoms with Crippen molar-refractivity contribution < 1.29 is 4.74 Å². The summed E-state index contributed by atoms with van der Waals surface area (Å²) in [6.45, 7) is 5.01. The van der Waals surface area contributed by atoms with Crippen LogP contribution < -0.4 is 10.1 Å². The number of aryl methyl sites for hydroxylation is 2. The van der Waals surface area contributed by atoms with E-state index in [9.17, 15) is 0 Å². The largest absolute Gasteiger partial charge is 0.490 e. The van der Waals surface area contributed by atoms with Gasteiger partial charge in [-0.2, -0.15) is 15.3 Å². The van der Waals surface area contributed by atoms with Crippen LogP contribution in [0, 0.1) is 6.92 Å². The van der Waals surface area contributed by atoms with E-state index in [0.717, 1.165) is 82.4 Å². The molecule has 1 aromatic carbocycles. The molecule has 0 bridgehead atoms. The summed E-state index contributed by atoms with van der Waals surface area (Å²) in [4.78, 5) is 4.61. The van der Waals surface area contributed by atoms with E-state index >= 15 is 0 Å². The highest BCUT2D eigenvalue weighted by Gasteiger charge is 2.27. The zero-order valence-corrected chi connectivity index (χ0v) is 20.3. The molecule has 9 nitrogen and oxygen atoms in total. The maximum Gasteiger partial charge on any atom is 0.128 e. The lowest BCUT2D eigenvalue weighted by Crippen LogP contribution is -2.26. The number of aromatic amines is 1. The number of benzene rings is 1. The summed E-state index contributed by atoms with van der Waals surface area (Å²) < 4.78 is 10.5. The van der Waals surface area contributed by atoms with Gasteiger partial charge in [0.1, 0.15) is 17.3 Å². The van der Waals surface area contributed by atoms with Crippen molar-refractivity contribution in [2.75, 3.05) is 11.9 Å². The lowest BCUT2D eigenvalue weighted by Gasteiger charge is -2.30. The number of H-pyrrole nitrogens is 1. The van der Waals surface area contributed by atoms with Crippen LogP contribution in [0.15, 0.2) is 43.0 Å². The van der Waals surface area contributed by atoms with Crippen molar-refractivity contribution in [3.63, 3.8) is 0 Å². The topological polar surface area (TPSA) is 98.5 Å². The van der Waals surface area contributed by atoms with Gasteiger partial charge in [-0.1, -0.05) is 0 Å². The molecular formula is C26H30N8O. The van der Waals surface area contributed by atoms with E-state index in [1.807, 2.05) is 42.6 Å². The van der Waals surface area contributed by atoms with Gasteiger partial charge in [0.25, 0.3) is 0 Å². The van der Waals surface area contributed by atoms with Gasteiger partial charge in [-0.25, -0.2) is 4.98 Å². The molecule has 1 saturated carbocycles. The van der Waals surface area contributed by atoms with E-state index in [4.69, 9.17) is 9.84 Å². The van der Waals surface area contributed by atoms with Crippen LogP contribution in [0.2, 0.25) is 0 Å². The third kappa shape index (κ3) is 3.90. The van der Waals surface area contributed by atoms with Gasteiger partial charge in [0.15, 0.2) is 0 Å². The molecule has 0 radical (unpaired) electrons. The summed E-state index contributed by atoms with van der Waals surface area (Å²) in [5, 5.41) is 22.1. The molecule has 5 aromatic rings. The number of pyridine rings is 1. The number of nitrogens with one attached hydrogen (secondary N) is 2. The minimum Gasteiger partial charge on any atom is -0.490 e. The number of hydrogen-bond donors (Lipinski definition) is 2. The Morgan fingerprint density at radius 3 is 2.74 bits per heavy atom. The Morgan fingerprint density at radius 1 is 1.11 bits per heavy atom. The van der Waals surface area contributed by atoms with E-state index in [2.05, 4.69) is 56.3 Å². The Bertz CT molecular complexity index is 1490. The molecule has 4 heterocycles. The zero-order valence-electron chi connectivity index (χ0n) is 20.3. The Morgan fingerprint density at radius 2 is 1.97 bits per heavy atom. The lowest BCUT2D eigenvalue weighted by atomic mass is 9.92. The standard InChI is InChI=1S/C26H30N8O/c1-4-27-25-11-23-21(13-28-25)26(17-12-30-33(3)15-17)32-34(23)18-5-7-19(8-6-18)35-24-10-9-22-20(16(24)2)14-29-31-22/h9-15,18-19H,4-8H2,1-3H3,(H,27,28)(H,29,31). The van der Waals surface area contributed by atoms with Gasteiger partial charge in [0.05, 0.1) is 35.6 Å². The number of rotatable bonds is 6. The summed E-state index contributed by atoms with van der Waals surface area (Å²) in [6.07, 6.45) is 11.9. The average Bonchev–Trinajstić information content (AvgIpc) is 3.60.